The Labute approximate surface area is 177 Å². The van der Waals surface area contributed by atoms with Crippen LogP contribution < -0.4 is 14.8 Å². The molecule has 2 aromatic rings. The van der Waals surface area contributed by atoms with Gasteiger partial charge in [-0.2, -0.15) is 0 Å². The third kappa shape index (κ3) is 7.99. The predicted molar refractivity (Wildman–Crippen MR) is 118 cm³/mol. The molecule has 0 unspecified atom stereocenters. The van der Waals surface area contributed by atoms with Gasteiger partial charge < -0.3 is 19.5 Å². The standard InChI is InChI=1S/C24H29NO5/c1-4-6-14-29-21-12-10-19(16-22(21)28-5-2)11-13-24(27)30-17-23(26)25-20-9-7-8-18(3)15-20/h7-13,15-16H,4-6,14,17H2,1-3H3,(H,25,26)/b13-11+. The number of aryl methyl sites for hydroxylation is 1. The molecule has 30 heavy (non-hydrogen) atoms. The summed E-state index contributed by atoms with van der Waals surface area (Å²) in [5.41, 5.74) is 2.46. The first-order valence-corrected chi connectivity index (χ1v) is 10.1. The lowest BCUT2D eigenvalue weighted by Crippen LogP contribution is -2.20. The number of ether oxygens (including phenoxy) is 3. The average Bonchev–Trinajstić information content (AvgIpc) is 2.72. The molecule has 0 aliphatic heterocycles. The van der Waals surface area contributed by atoms with Crippen LogP contribution in [0.15, 0.2) is 48.5 Å². The lowest BCUT2D eigenvalue weighted by Gasteiger charge is -2.12. The van der Waals surface area contributed by atoms with Gasteiger partial charge in [0.2, 0.25) is 0 Å². The molecule has 0 saturated carbocycles. The summed E-state index contributed by atoms with van der Waals surface area (Å²) in [5, 5.41) is 2.69. The van der Waals surface area contributed by atoms with Crippen LogP contribution in [-0.2, 0) is 14.3 Å². The maximum absolute atomic E-state index is 11.9. The van der Waals surface area contributed by atoms with Gasteiger partial charge in [-0.15, -0.1) is 0 Å². The van der Waals surface area contributed by atoms with Crippen LogP contribution in [0, 0.1) is 6.92 Å². The first-order chi connectivity index (χ1) is 14.5. The number of carbonyl (C=O) groups excluding carboxylic acids is 2. The molecule has 0 spiro atoms. The molecule has 6 heteroatoms. The van der Waals surface area contributed by atoms with Gasteiger partial charge in [0.05, 0.1) is 13.2 Å². The van der Waals surface area contributed by atoms with Crippen molar-refractivity contribution in [2.75, 3.05) is 25.1 Å². The van der Waals surface area contributed by atoms with E-state index in [1.54, 1.807) is 18.2 Å². The molecule has 6 nitrogen and oxygen atoms in total. The summed E-state index contributed by atoms with van der Waals surface area (Å²) in [7, 11) is 0. The normalized spacial score (nSPS) is 10.6. The molecule has 0 bridgehead atoms. The molecule has 1 amide bonds. The van der Waals surface area contributed by atoms with Crippen LogP contribution in [0.2, 0.25) is 0 Å². The van der Waals surface area contributed by atoms with Crippen molar-refractivity contribution >= 4 is 23.6 Å². The SMILES string of the molecule is CCCCOc1ccc(/C=C/C(=O)OCC(=O)Nc2cccc(C)c2)cc1OCC. The van der Waals surface area contributed by atoms with Crippen molar-refractivity contribution < 1.29 is 23.8 Å². The number of nitrogens with one attached hydrogen (secondary N) is 1. The Morgan fingerprint density at radius 3 is 2.60 bits per heavy atom. The Kier molecular flexibility index (Phi) is 9.45. The second-order valence-electron chi connectivity index (χ2n) is 6.70. The van der Waals surface area contributed by atoms with Crippen LogP contribution in [0.4, 0.5) is 5.69 Å². The summed E-state index contributed by atoms with van der Waals surface area (Å²) in [6.45, 7) is 6.72. The fourth-order valence-corrected chi connectivity index (χ4v) is 2.61. The molecule has 0 aliphatic carbocycles. The van der Waals surface area contributed by atoms with E-state index in [1.807, 2.05) is 44.2 Å². The van der Waals surface area contributed by atoms with Crippen LogP contribution in [-0.4, -0.2) is 31.7 Å². The summed E-state index contributed by atoms with van der Waals surface area (Å²) < 4.78 is 16.4. The maximum Gasteiger partial charge on any atom is 0.331 e. The number of unbranched alkanes of at least 4 members (excludes halogenated alkanes) is 1. The quantitative estimate of drug-likeness (QED) is 0.328. The van der Waals surface area contributed by atoms with Crippen molar-refractivity contribution in [2.45, 2.75) is 33.6 Å². The zero-order chi connectivity index (χ0) is 21.8. The molecule has 0 fully saturated rings. The number of rotatable bonds is 11. The summed E-state index contributed by atoms with van der Waals surface area (Å²) in [6, 6.07) is 12.8. The van der Waals surface area contributed by atoms with Gasteiger partial charge in [0.25, 0.3) is 5.91 Å². The van der Waals surface area contributed by atoms with Gasteiger partial charge in [0.15, 0.2) is 18.1 Å². The molecule has 2 rings (SSSR count). The fourth-order valence-electron chi connectivity index (χ4n) is 2.61. The van der Waals surface area contributed by atoms with Gasteiger partial charge in [0, 0.05) is 11.8 Å². The number of anilines is 1. The van der Waals surface area contributed by atoms with Crippen molar-refractivity contribution in [1.29, 1.82) is 0 Å². The minimum atomic E-state index is -0.601. The largest absolute Gasteiger partial charge is 0.490 e. The summed E-state index contributed by atoms with van der Waals surface area (Å²) in [5.74, 6) is 0.310. The Hall–Kier alpha value is -3.28. The molecule has 0 aromatic heterocycles. The number of esters is 1. The van der Waals surface area contributed by atoms with Gasteiger partial charge in [-0.05, 0) is 61.7 Å². The molecular formula is C24H29NO5. The number of hydrogen-bond donors (Lipinski definition) is 1. The first kappa shape index (κ1) is 23.0. The topological polar surface area (TPSA) is 73.9 Å². The molecule has 160 valence electrons. The Morgan fingerprint density at radius 1 is 1.03 bits per heavy atom. The summed E-state index contributed by atoms with van der Waals surface area (Å²) in [6.07, 6.45) is 4.91. The van der Waals surface area contributed by atoms with Gasteiger partial charge in [0.1, 0.15) is 0 Å². The van der Waals surface area contributed by atoms with E-state index in [9.17, 15) is 9.59 Å². The van der Waals surface area contributed by atoms with Crippen molar-refractivity contribution in [3.8, 4) is 11.5 Å². The second-order valence-corrected chi connectivity index (χ2v) is 6.70. The van der Waals surface area contributed by atoms with Crippen molar-refractivity contribution in [2.24, 2.45) is 0 Å². The number of benzene rings is 2. The van der Waals surface area contributed by atoms with E-state index < -0.39 is 11.9 Å². The first-order valence-electron chi connectivity index (χ1n) is 10.1. The monoisotopic (exact) mass is 411 g/mol. The molecule has 0 radical (unpaired) electrons. The van der Waals surface area contributed by atoms with Gasteiger partial charge >= 0.3 is 5.97 Å². The van der Waals surface area contributed by atoms with E-state index in [4.69, 9.17) is 14.2 Å². The third-order valence-corrected chi connectivity index (χ3v) is 4.08. The van der Waals surface area contributed by atoms with E-state index in [2.05, 4.69) is 12.2 Å². The lowest BCUT2D eigenvalue weighted by atomic mass is 10.2. The van der Waals surface area contributed by atoms with Gasteiger partial charge in [-0.3, -0.25) is 4.79 Å². The Morgan fingerprint density at radius 2 is 1.87 bits per heavy atom. The molecule has 0 atom stereocenters. The minimum absolute atomic E-state index is 0.356. The fraction of sp³-hybridized carbons (Fsp3) is 0.333. The highest BCUT2D eigenvalue weighted by Gasteiger charge is 2.08. The average molecular weight is 411 g/mol. The van der Waals surface area contributed by atoms with Gasteiger partial charge in [-0.1, -0.05) is 31.5 Å². The van der Waals surface area contributed by atoms with Crippen LogP contribution in [0.1, 0.15) is 37.8 Å². The summed E-state index contributed by atoms with van der Waals surface area (Å²) in [4.78, 5) is 23.9. The zero-order valence-corrected chi connectivity index (χ0v) is 17.8. The molecule has 2 aromatic carbocycles. The highest BCUT2D eigenvalue weighted by molar-refractivity contribution is 5.94. The lowest BCUT2D eigenvalue weighted by molar-refractivity contribution is -0.142. The Balaban J connectivity index is 1.88. The van der Waals surface area contributed by atoms with Crippen LogP contribution >= 0.6 is 0 Å². The molecular weight excluding hydrogens is 382 g/mol. The zero-order valence-electron chi connectivity index (χ0n) is 17.8. The van der Waals surface area contributed by atoms with E-state index in [0.29, 0.717) is 30.4 Å². The van der Waals surface area contributed by atoms with Crippen LogP contribution in [0.5, 0.6) is 11.5 Å². The van der Waals surface area contributed by atoms with Crippen LogP contribution in [0.25, 0.3) is 6.08 Å². The highest BCUT2D eigenvalue weighted by Crippen LogP contribution is 2.29. The smallest absolute Gasteiger partial charge is 0.331 e. The molecule has 0 saturated heterocycles. The van der Waals surface area contributed by atoms with E-state index in [-0.39, 0.29) is 6.61 Å². The van der Waals surface area contributed by atoms with Gasteiger partial charge in [-0.25, -0.2) is 4.79 Å². The van der Waals surface area contributed by atoms with E-state index in [0.717, 1.165) is 24.0 Å². The number of amides is 1. The summed E-state index contributed by atoms with van der Waals surface area (Å²) >= 11 is 0. The van der Waals surface area contributed by atoms with E-state index >= 15 is 0 Å². The predicted octanol–water partition coefficient (Wildman–Crippen LogP) is 4.77. The molecule has 0 aliphatic rings. The maximum atomic E-state index is 11.9. The molecule has 0 heterocycles. The van der Waals surface area contributed by atoms with Crippen molar-refractivity contribution in [1.82, 2.24) is 0 Å². The van der Waals surface area contributed by atoms with Crippen LogP contribution in [0.3, 0.4) is 0 Å². The minimum Gasteiger partial charge on any atom is -0.490 e. The Bertz CT molecular complexity index is 876. The van der Waals surface area contributed by atoms with Crippen molar-refractivity contribution in [3.63, 3.8) is 0 Å². The van der Waals surface area contributed by atoms with Crippen molar-refractivity contribution in [3.05, 3.63) is 59.7 Å². The number of hydrogen-bond acceptors (Lipinski definition) is 5. The number of carbonyl (C=O) groups is 2. The third-order valence-electron chi connectivity index (χ3n) is 4.08. The molecule has 1 N–H and O–H groups in total. The second kappa shape index (κ2) is 12.3. The van der Waals surface area contributed by atoms with E-state index in [1.165, 1.54) is 6.08 Å². The highest BCUT2D eigenvalue weighted by atomic mass is 16.5.